The number of nitrogen functional groups attached to an aromatic ring is 1. The Hall–Kier alpha value is -3.17. The zero-order valence-electron chi connectivity index (χ0n) is 17.4. The van der Waals surface area contributed by atoms with Gasteiger partial charge in [0.05, 0.1) is 29.6 Å². The van der Waals surface area contributed by atoms with E-state index >= 15 is 0 Å². The molecule has 0 aliphatic carbocycles. The quantitative estimate of drug-likeness (QED) is 0.459. The first-order chi connectivity index (χ1) is 14.9. The smallest absolute Gasteiger partial charge is 0.508 e. The Morgan fingerprint density at radius 3 is 2.71 bits per heavy atom. The summed E-state index contributed by atoms with van der Waals surface area (Å²) in [6.45, 7) is 4.29. The highest BCUT2D eigenvalue weighted by Gasteiger charge is 2.27. The molecule has 3 atom stereocenters. The molecular weight excluding hydrogens is 397 g/mol. The summed E-state index contributed by atoms with van der Waals surface area (Å²) in [6.07, 6.45) is 3.29. The normalized spacial score (nSPS) is 20.9. The van der Waals surface area contributed by atoms with Gasteiger partial charge in [-0.3, -0.25) is 4.79 Å². The van der Waals surface area contributed by atoms with Crippen LogP contribution in [0.1, 0.15) is 26.7 Å². The first-order valence-electron chi connectivity index (χ1n) is 10.2. The van der Waals surface area contributed by atoms with Crippen LogP contribution in [0.5, 0.6) is 5.75 Å². The molecule has 3 aromatic rings. The third kappa shape index (κ3) is 4.62. The fourth-order valence-electron chi connectivity index (χ4n) is 4.03. The van der Waals surface area contributed by atoms with E-state index in [1.54, 1.807) is 18.2 Å². The van der Waals surface area contributed by atoms with Gasteiger partial charge in [-0.25, -0.2) is 0 Å². The fourth-order valence-corrected chi connectivity index (χ4v) is 4.03. The maximum atomic E-state index is 10.7. The molecule has 0 bridgehead atoms. The highest BCUT2D eigenvalue weighted by atomic mass is 16.6. The van der Waals surface area contributed by atoms with Crippen LogP contribution < -0.4 is 15.9 Å². The van der Waals surface area contributed by atoms with Crippen molar-refractivity contribution in [2.45, 2.75) is 45.0 Å². The monoisotopic (exact) mass is 421 g/mol. The molecule has 1 aliphatic heterocycles. The summed E-state index contributed by atoms with van der Waals surface area (Å²) in [7, 11) is -1.37. The van der Waals surface area contributed by atoms with Crippen molar-refractivity contribution in [3.63, 3.8) is 0 Å². The molecule has 1 aromatic heterocycles. The zero-order chi connectivity index (χ0) is 22.0. The second kappa shape index (κ2) is 8.91. The van der Waals surface area contributed by atoms with Crippen molar-refractivity contribution in [1.29, 1.82) is 0 Å². The van der Waals surface area contributed by atoms with E-state index in [-0.39, 0.29) is 24.8 Å². The number of carbonyl (C=O) groups excluding carboxylic acids is 1. The van der Waals surface area contributed by atoms with Crippen molar-refractivity contribution >= 4 is 35.6 Å². The van der Waals surface area contributed by atoms with E-state index in [1.807, 2.05) is 32.0 Å². The Bertz CT molecular complexity index is 1090. The maximum absolute atomic E-state index is 10.7. The van der Waals surface area contributed by atoms with Gasteiger partial charge in [0.25, 0.3) is 6.47 Å². The van der Waals surface area contributed by atoms with E-state index in [4.69, 9.17) is 19.9 Å². The van der Waals surface area contributed by atoms with Gasteiger partial charge in [0.15, 0.2) is 0 Å². The summed E-state index contributed by atoms with van der Waals surface area (Å²) in [5.74, 6) is 0.657. The lowest BCUT2D eigenvalue weighted by Crippen LogP contribution is -2.36. The molecule has 160 valence electrons. The molecule has 0 radical (unpaired) electrons. The number of aromatic nitrogens is 2. The molecule has 2 heterocycles. The van der Waals surface area contributed by atoms with E-state index in [2.05, 4.69) is 10.2 Å². The Labute approximate surface area is 180 Å². The second-order valence-electron chi connectivity index (χ2n) is 7.84. The van der Waals surface area contributed by atoms with Crippen molar-refractivity contribution in [3.05, 3.63) is 42.6 Å². The van der Waals surface area contributed by atoms with Crippen LogP contribution in [0.2, 0.25) is 0 Å². The number of nitrogens with zero attached hydrogens (tertiary/aromatic N) is 2. The van der Waals surface area contributed by atoms with Crippen molar-refractivity contribution in [1.82, 2.24) is 10.2 Å². The van der Waals surface area contributed by atoms with Crippen LogP contribution in [0.4, 0.5) is 5.69 Å². The van der Waals surface area contributed by atoms with Crippen LogP contribution in [0.3, 0.4) is 0 Å². The SMILES string of the molecule is C[C@@H]1CC(Oc2ccc(B(O)OC=O)cc2-c2ccc3c(N)cnnc3c2)C[C@H](C)O1. The van der Waals surface area contributed by atoms with Crippen LogP contribution in [0.15, 0.2) is 42.6 Å². The summed E-state index contributed by atoms with van der Waals surface area (Å²) in [4.78, 5) is 10.7. The van der Waals surface area contributed by atoms with Gasteiger partial charge in [-0.1, -0.05) is 12.1 Å². The third-order valence-corrected chi connectivity index (χ3v) is 5.40. The molecular formula is C22H24BN3O5. The number of carbonyl (C=O) groups is 1. The zero-order valence-corrected chi connectivity index (χ0v) is 17.4. The first-order valence-corrected chi connectivity index (χ1v) is 10.2. The fraction of sp³-hybridized carbons (Fsp3) is 0.318. The molecule has 0 saturated carbocycles. The predicted molar refractivity (Wildman–Crippen MR) is 118 cm³/mol. The topological polar surface area (TPSA) is 117 Å². The summed E-state index contributed by atoms with van der Waals surface area (Å²) >= 11 is 0. The molecule has 2 aromatic carbocycles. The van der Waals surface area contributed by atoms with E-state index in [0.717, 1.165) is 29.4 Å². The molecule has 1 unspecified atom stereocenters. The standard InChI is InChI=1S/C22H24BN3O5/c1-13-7-17(8-14(2)30-13)31-22-6-4-16(23(28)29-12-27)10-19(22)15-3-5-18-20(24)11-25-26-21(18)9-15/h3-6,9-14,17,28H,7-8H2,1-2H3,(H2,24,26)/t13-,14+,17?. The van der Waals surface area contributed by atoms with Gasteiger partial charge in [-0.15, -0.1) is 0 Å². The molecule has 1 aliphatic rings. The summed E-state index contributed by atoms with van der Waals surface area (Å²) in [6, 6.07) is 10.9. The molecule has 9 heteroatoms. The highest BCUT2D eigenvalue weighted by molar-refractivity contribution is 6.61. The van der Waals surface area contributed by atoms with Gasteiger partial charge >= 0.3 is 7.12 Å². The van der Waals surface area contributed by atoms with E-state index in [1.165, 1.54) is 6.20 Å². The average Bonchev–Trinajstić information content (AvgIpc) is 2.73. The van der Waals surface area contributed by atoms with Crippen LogP contribution in [-0.4, -0.2) is 47.1 Å². The molecule has 0 spiro atoms. The molecule has 1 fully saturated rings. The Morgan fingerprint density at radius 1 is 1.19 bits per heavy atom. The number of ether oxygens (including phenoxy) is 2. The number of benzene rings is 2. The van der Waals surface area contributed by atoms with Crippen molar-refractivity contribution < 1.29 is 23.9 Å². The van der Waals surface area contributed by atoms with Crippen molar-refractivity contribution in [2.75, 3.05) is 5.73 Å². The van der Waals surface area contributed by atoms with Crippen LogP contribution >= 0.6 is 0 Å². The number of hydrogen-bond donors (Lipinski definition) is 2. The summed E-state index contributed by atoms with van der Waals surface area (Å²) in [5.41, 5.74) is 9.18. The van der Waals surface area contributed by atoms with Crippen molar-refractivity contribution in [2.24, 2.45) is 0 Å². The second-order valence-corrected chi connectivity index (χ2v) is 7.84. The molecule has 3 N–H and O–H groups in total. The van der Waals surface area contributed by atoms with Gasteiger partial charge in [0.1, 0.15) is 11.9 Å². The Kier molecular flexibility index (Phi) is 6.06. The summed E-state index contributed by atoms with van der Waals surface area (Å²) in [5, 5.41) is 19.0. The predicted octanol–water partition coefficient (Wildman–Crippen LogP) is 2.07. The first kappa shape index (κ1) is 21.1. The third-order valence-electron chi connectivity index (χ3n) is 5.40. The van der Waals surface area contributed by atoms with E-state index in [0.29, 0.717) is 22.4 Å². The van der Waals surface area contributed by atoms with Gasteiger partial charge in [0.2, 0.25) is 0 Å². The van der Waals surface area contributed by atoms with Gasteiger partial charge in [0, 0.05) is 23.8 Å². The number of nitrogens with two attached hydrogens (primary N) is 1. The van der Waals surface area contributed by atoms with E-state index in [9.17, 15) is 9.82 Å². The lowest BCUT2D eigenvalue weighted by atomic mass is 9.78. The number of fused-ring (bicyclic) bond motifs is 1. The van der Waals surface area contributed by atoms with Gasteiger partial charge in [-0.2, -0.15) is 10.2 Å². The lowest BCUT2D eigenvalue weighted by Gasteiger charge is -2.32. The Balaban J connectivity index is 1.75. The maximum Gasteiger partial charge on any atom is 0.561 e. The molecule has 31 heavy (non-hydrogen) atoms. The minimum Gasteiger partial charge on any atom is -0.508 e. The Morgan fingerprint density at radius 2 is 1.97 bits per heavy atom. The van der Waals surface area contributed by atoms with Gasteiger partial charge in [-0.05, 0) is 49.1 Å². The summed E-state index contributed by atoms with van der Waals surface area (Å²) < 4.78 is 16.9. The molecule has 0 amide bonds. The van der Waals surface area contributed by atoms with E-state index < -0.39 is 7.12 Å². The van der Waals surface area contributed by atoms with Gasteiger partial charge < -0.3 is 24.9 Å². The molecule has 4 rings (SSSR count). The number of rotatable bonds is 6. The van der Waals surface area contributed by atoms with Crippen molar-refractivity contribution in [3.8, 4) is 16.9 Å². The number of hydrogen-bond acceptors (Lipinski definition) is 8. The average molecular weight is 421 g/mol. The number of anilines is 1. The van der Waals surface area contributed by atoms with Crippen LogP contribution in [-0.2, 0) is 14.2 Å². The minimum absolute atomic E-state index is 0.00427. The lowest BCUT2D eigenvalue weighted by molar-refractivity contribution is -0.121. The minimum atomic E-state index is -1.37. The highest BCUT2D eigenvalue weighted by Crippen LogP contribution is 2.34. The molecule has 1 saturated heterocycles. The molecule has 8 nitrogen and oxygen atoms in total. The largest absolute Gasteiger partial charge is 0.561 e. The van der Waals surface area contributed by atoms with Crippen LogP contribution in [0, 0.1) is 0 Å². The van der Waals surface area contributed by atoms with Crippen LogP contribution in [0.25, 0.3) is 22.0 Å².